The maximum absolute atomic E-state index is 12.2. The van der Waals surface area contributed by atoms with Gasteiger partial charge < -0.3 is 10.6 Å². The smallest absolute Gasteiger partial charge is 0.246 e. The summed E-state index contributed by atoms with van der Waals surface area (Å²) in [5.41, 5.74) is 3.28. The number of carbonyl (C=O) groups excluding carboxylic acids is 2. The molecule has 1 atom stereocenters. The second-order valence-corrected chi connectivity index (χ2v) is 6.31. The standard InChI is InChI=1S/C18H19BrN2O2/c1-11-10-16(8-9-17(11)19)20-12(2)18(23)21-15-6-4-14(5-7-15)13(3)22/h4-10,12,20H,1-3H3,(H,21,23). The van der Waals surface area contributed by atoms with Gasteiger partial charge in [0.2, 0.25) is 5.91 Å². The Labute approximate surface area is 144 Å². The van der Waals surface area contributed by atoms with Crippen molar-refractivity contribution in [1.29, 1.82) is 0 Å². The van der Waals surface area contributed by atoms with E-state index in [0.717, 1.165) is 15.7 Å². The van der Waals surface area contributed by atoms with Crippen LogP contribution in [0.25, 0.3) is 0 Å². The summed E-state index contributed by atoms with van der Waals surface area (Å²) in [6.07, 6.45) is 0. The van der Waals surface area contributed by atoms with Crippen molar-refractivity contribution in [3.8, 4) is 0 Å². The fourth-order valence-electron chi connectivity index (χ4n) is 2.09. The quantitative estimate of drug-likeness (QED) is 0.762. The van der Waals surface area contributed by atoms with Gasteiger partial charge >= 0.3 is 0 Å². The summed E-state index contributed by atoms with van der Waals surface area (Å²) in [7, 11) is 0. The SMILES string of the molecule is CC(=O)c1ccc(NC(=O)C(C)Nc2ccc(Br)c(C)c2)cc1. The molecule has 2 aromatic rings. The van der Waals surface area contributed by atoms with Crippen LogP contribution in [0, 0.1) is 6.92 Å². The number of Topliss-reactive ketones (excluding diaryl/α,β-unsaturated/α-hetero) is 1. The Bertz CT molecular complexity index is 726. The van der Waals surface area contributed by atoms with Crippen LogP contribution in [-0.4, -0.2) is 17.7 Å². The summed E-state index contributed by atoms with van der Waals surface area (Å²) in [4.78, 5) is 23.5. The van der Waals surface area contributed by atoms with Crippen molar-refractivity contribution in [3.63, 3.8) is 0 Å². The van der Waals surface area contributed by atoms with Gasteiger partial charge in [0.05, 0.1) is 0 Å². The topological polar surface area (TPSA) is 58.2 Å². The number of hydrogen-bond acceptors (Lipinski definition) is 3. The van der Waals surface area contributed by atoms with Gasteiger partial charge in [-0.2, -0.15) is 0 Å². The lowest BCUT2D eigenvalue weighted by molar-refractivity contribution is -0.116. The van der Waals surface area contributed by atoms with Crippen LogP contribution in [0.3, 0.4) is 0 Å². The highest BCUT2D eigenvalue weighted by Crippen LogP contribution is 2.20. The van der Waals surface area contributed by atoms with Gasteiger partial charge in [-0.05, 0) is 68.8 Å². The molecule has 120 valence electrons. The number of ketones is 1. The Morgan fingerprint density at radius 1 is 1.04 bits per heavy atom. The highest BCUT2D eigenvalue weighted by Gasteiger charge is 2.13. The predicted octanol–water partition coefficient (Wildman–Crippen LogP) is 4.40. The van der Waals surface area contributed by atoms with Gasteiger partial charge in [-0.3, -0.25) is 9.59 Å². The number of carbonyl (C=O) groups is 2. The second kappa shape index (κ2) is 7.42. The summed E-state index contributed by atoms with van der Waals surface area (Å²) in [6.45, 7) is 5.31. The van der Waals surface area contributed by atoms with Gasteiger partial charge in [0.15, 0.2) is 5.78 Å². The molecule has 0 aliphatic rings. The average molecular weight is 375 g/mol. The molecule has 2 N–H and O–H groups in total. The molecule has 23 heavy (non-hydrogen) atoms. The van der Waals surface area contributed by atoms with E-state index < -0.39 is 0 Å². The first-order valence-corrected chi connectivity index (χ1v) is 8.10. The number of rotatable bonds is 5. The molecule has 0 aliphatic heterocycles. The third kappa shape index (κ3) is 4.66. The van der Waals surface area contributed by atoms with Crippen LogP contribution in [0.2, 0.25) is 0 Å². The lowest BCUT2D eigenvalue weighted by Crippen LogP contribution is -2.31. The summed E-state index contributed by atoms with van der Waals surface area (Å²) in [6, 6.07) is 12.3. The zero-order valence-corrected chi connectivity index (χ0v) is 14.9. The van der Waals surface area contributed by atoms with E-state index in [4.69, 9.17) is 0 Å². The summed E-state index contributed by atoms with van der Waals surface area (Å²) >= 11 is 3.45. The highest BCUT2D eigenvalue weighted by molar-refractivity contribution is 9.10. The summed E-state index contributed by atoms with van der Waals surface area (Å²) < 4.78 is 1.03. The fourth-order valence-corrected chi connectivity index (χ4v) is 2.34. The lowest BCUT2D eigenvalue weighted by atomic mass is 10.1. The van der Waals surface area contributed by atoms with E-state index in [0.29, 0.717) is 11.3 Å². The molecule has 0 spiro atoms. The molecule has 0 heterocycles. The van der Waals surface area contributed by atoms with Crippen molar-refractivity contribution in [2.24, 2.45) is 0 Å². The van der Waals surface area contributed by atoms with Crippen molar-refractivity contribution in [2.45, 2.75) is 26.8 Å². The van der Waals surface area contributed by atoms with Crippen LogP contribution in [0.1, 0.15) is 29.8 Å². The normalized spacial score (nSPS) is 11.7. The Kier molecular flexibility index (Phi) is 5.55. The van der Waals surface area contributed by atoms with Crippen molar-refractivity contribution in [2.75, 3.05) is 10.6 Å². The first-order chi connectivity index (χ1) is 10.9. The van der Waals surface area contributed by atoms with E-state index >= 15 is 0 Å². The maximum atomic E-state index is 12.2. The van der Waals surface area contributed by atoms with Gasteiger partial charge in [0, 0.05) is 21.4 Å². The number of hydrogen-bond donors (Lipinski definition) is 2. The van der Waals surface area contributed by atoms with E-state index in [9.17, 15) is 9.59 Å². The van der Waals surface area contributed by atoms with Crippen LogP contribution in [-0.2, 0) is 4.79 Å². The van der Waals surface area contributed by atoms with Crippen LogP contribution in [0.4, 0.5) is 11.4 Å². The molecule has 4 nitrogen and oxygen atoms in total. The molecule has 0 fully saturated rings. The largest absolute Gasteiger partial charge is 0.374 e. The van der Waals surface area contributed by atoms with Gasteiger partial charge in [-0.15, -0.1) is 0 Å². The van der Waals surface area contributed by atoms with Crippen molar-refractivity contribution in [1.82, 2.24) is 0 Å². The predicted molar refractivity (Wildman–Crippen MR) is 97.0 cm³/mol. The molecular formula is C18H19BrN2O2. The van der Waals surface area contributed by atoms with Crippen LogP contribution in [0.15, 0.2) is 46.9 Å². The van der Waals surface area contributed by atoms with E-state index in [1.807, 2.05) is 25.1 Å². The Morgan fingerprint density at radius 2 is 1.65 bits per heavy atom. The Hall–Kier alpha value is -2.14. The molecule has 0 aliphatic carbocycles. The molecule has 0 saturated heterocycles. The van der Waals surface area contributed by atoms with Gasteiger partial charge in [0.25, 0.3) is 0 Å². The third-order valence-electron chi connectivity index (χ3n) is 3.49. The van der Waals surface area contributed by atoms with E-state index in [1.54, 1.807) is 31.2 Å². The molecular weight excluding hydrogens is 356 g/mol. The number of aryl methyl sites for hydroxylation is 1. The van der Waals surface area contributed by atoms with E-state index in [1.165, 1.54) is 6.92 Å². The molecule has 0 saturated carbocycles. The highest BCUT2D eigenvalue weighted by atomic mass is 79.9. The van der Waals surface area contributed by atoms with Crippen LogP contribution >= 0.6 is 15.9 Å². The summed E-state index contributed by atoms with van der Waals surface area (Å²) in [5, 5.41) is 6.00. The first-order valence-electron chi connectivity index (χ1n) is 7.31. The summed E-state index contributed by atoms with van der Waals surface area (Å²) in [5.74, 6) is -0.135. The zero-order valence-electron chi connectivity index (χ0n) is 13.3. The molecule has 0 bridgehead atoms. The fraction of sp³-hybridized carbons (Fsp3) is 0.222. The Morgan fingerprint density at radius 3 is 2.22 bits per heavy atom. The first kappa shape index (κ1) is 17.2. The molecule has 0 aromatic heterocycles. The van der Waals surface area contributed by atoms with Gasteiger partial charge in [-0.1, -0.05) is 15.9 Å². The molecule has 1 amide bonds. The van der Waals surface area contributed by atoms with Crippen molar-refractivity contribution in [3.05, 3.63) is 58.1 Å². The minimum absolute atomic E-state index is 0.00326. The second-order valence-electron chi connectivity index (χ2n) is 5.45. The third-order valence-corrected chi connectivity index (χ3v) is 4.38. The van der Waals surface area contributed by atoms with Gasteiger partial charge in [-0.25, -0.2) is 0 Å². The molecule has 0 radical (unpaired) electrons. The number of benzene rings is 2. The van der Waals surface area contributed by atoms with Crippen LogP contribution < -0.4 is 10.6 Å². The van der Waals surface area contributed by atoms with Crippen molar-refractivity contribution >= 4 is 39.0 Å². The maximum Gasteiger partial charge on any atom is 0.246 e. The zero-order chi connectivity index (χ0) is 17.0. The van der Waals surface area contributed by atoms with Gasteiger partial charge in [0.1, 0.15) is 6.04 Å². The molecule has 2 rings (SSSR count). The number of anilines is 2. The number of halogens is 1. The van der Waals surface area contributed by atoms with Crippen molar-refractivity contribution < 1.29 is 9.59 Å². The Balaban J connectivity index is 1.99. The monoisotopic (exact) mass is 374 g/mol. The average Bonchev–Trinajstić information content (AvgIpc) is 2.51. The minimum Gasteiger partial charge on any atom is -0.374 e. The van der Waals surface area contributed by atoms with Crippen LogP contribution in [0.5, 0.6) is 0 Å². The number of amides is 1. The lowest BCUT2D eigenvalue weighted by Gasteiger charge is -2.16. The van der Waals surface area contributed by atoms with E-state index in [2.05, 4.69) is 26.6 Å². The molecule has 5 heteroatoms. The molecule has 2 aromatic carbocycles. The van der Waals surface area contributed by atoms with E-state index in [-0.39, 0.29) is 17.7 Å². The molecule has 1 unspecified atom stereocenters. The number of nitrogens with one attached hydrogen (secondary N) is 2. The minimum atomic E-state index is -0.386.